The molecule has 2 aliphatic heterocycles. The number of carbonyl (C=O) groups is 2. The third-order valence-electron chi connectivity index (χ3n) is 8.27. The molecule has 2 saturated heterocycles. The second-order valence-electron chi connectivity index (χ2n) is 11.6. The van der Waals surface area contributed by atoms with E-state index in [-0.39, 0.29) is 24.0 Å². The molecule has 6 nitrogen and oxygen atoms in total. The highest BCUT2D eigenvalue weighted by Gasteiger charge is 2.36. The zero-order chi connectivity index (χ0) is 29.1. The summed E-state index contributed by atoms with van der Waals surface area (Å²) >= 11 is 12.6. The first-order valence-corrected chi connectivity index (χ1v) is 15.1. The lowest BCUT2D eigenvalue weighted by Crippen LogP contribution is -2.58. The van der Waals surface area contributed by atoms with Gasteiger partial charge in [0.05, 0.1) is 16.1 Å². The van der Waals surface area contributed by atoms with Gasteiger partial charge in [0, 0.05) is 50.9 Å². The van der Waals surface area contributed by atoms with Crippen molar-refractivity contribution >= 4 is 35.1 Å². The van der Waals surface area contributed by atoms with E-state index in [0.29, 0.717) is 41.2 Å². The Kier molecular flexibility index (Phi) is 9.22. The molecule has 8 heteroatoms. The molecule has 41 heavy (non-hydrogen) atoms. The van der Waals surface area contributed by atoms with Crippen molar-refractivity contribution in [3.8, 4) is 0 Å². The fourth-order valence-electron chi connectivity index (χ4n) is 6.17. The van der Waals surface area contributed by atoms with Gasteiger partial charge in [-0.3, -0.25) is 9.69 Å². The fraction of sp³-hybridized carbons (Fsp3) is 0.394. The number of halogens is 2. The third kappa shape index (κ3) is 7.06. The maximum atomic E-state index is 13.8. The summed E-state index contributed by atoms with van der Waals surface area (Å²) in [5, 5.41) is 4.23. The van der Waals surface area contributed by atoms with Crippen molar-refractivity contribution in [2.45, 2.75) is 45.8 Å². The van der Waals surface area contributed by atoms with E-state index in [1.54, 1.807) is 6.07 Å². The molecule has 0 radical (unpaired) electrons. The van der Waals surface area contributed by atoms with Gasteiger partial charge in [0.1, 0.15) is 0 Å². The Morgan fingerprint density at radius 3 is 2.29 bits per heavy atom. The largest absolute Gasteiger partial charge is 0.335 e. The van der Waals surface area contributed by atoms with Crippen LogP contribution in [-0.4, -0.2) is 65.4 Å². The van der Waals surface area contributed by atoms with E-state index in [0.717, 1.165) is 42.7 Å². The second kappa shape index (κ2) is 12.8. The van der Waals surface area contributed by atoms with Crippen LogP contribution in [0.3, 0.4) is 0 Å². The summed E-state index contributed by atoms with van der Waals surface area (Å²) in [5.41, 5.74) is 4.94. The van der Waals surface area contributed by atoms with Gasteiger partial charge in [-0.05, 0) is 61.6 Å². The number of hydrogen-bond acceptors (Lipinski definition) is 3. The highest BCUT2D eigenvalue weighted by molar-refractivity contribution is 6.42. The minimum absolute atomic E-state index is 0.0265. The highest BCUT2D eigenvalue weighted by Crippen LogP contribution is 2.32. The average Bonchev–Trinajstić information content (AvgIpc) is 2.95. The summed E-state index contributed by atoms with van der Waals surface area (Å²) in [7, 11) is 0. The lowest BCUT2D eigenvalue weighted by Gasteiger charge is -2.43. The van der Waals surface area contributed by atoms with E-state index in [9.17, 15) is 9.59 Å². The minimum Gasteiger partial charge on any atom is -0.335 e. The van der Waals surface area contributed by atoms with Crippen molar-refractivity contribution in [3.63, 3.8) is 0 Å². The lowest BCUT2D eigenvalue weighted by atomic mass is 9.93. The summed E-state index contributed by atoms with van der Waals surface area (Å²) in [6, 6.07) is 21.5. The van der Waals surface area contributed by atoms with Gasteiger partial charge in [-0.25, -0.2) is 4.79 Å². The molecule has 2 aliphatic rings. The molecule has 3 unspecified atom stereocenters. The molecular weight excluding hydrogens is 555 g/mol. The molecule has 0 aromatic heterocycles. The Bertz CT molecular complexity index is 1380. The van der Waals surface area contributed by atoms with Crippen molar-refractivity contribution in [1.29, 1.82) is 0 Å². The Balaban J connectivity index is 1.30. The number of piperidine rings is 1. The number of nitrogens with zero attached hydrogens (tertiary/aromatic N) is 3. The van der Waals surface area contributed by atoms with Crippen molar-refractivity contribution in [2.24, 2.45) is 5.92 Å². The maximum absolute atomic E-state index is 13.8. The first-order chi connectivity index (χ1) is 19.7. The minimum atomic E-state index is -0.346. The molecule has 2 heterocycles. The zero-order valence-corrected chi connectivity index (χ0v) is 25.5. The fourth-order valence-corrected chi connectivity index (χ4v) is 6.48. The molecule has 3 aromatic carbocycles. The standard InChI is InChI=1S/C33H38Cl2N4O2/c1-22-15-23(2)17-27(16-22)32(40)38-13-14-39(31(21-38)26-9-10-28(34)29(35)18-26)33(41)36-30-11-12-37(19-24(30)3)20-25-7-5-4-6-8-25/h4-10,15-18,24,30-31H,11-14,19-21H2,1-3H3,(H,36,41). The van der Waals surface area contributed by atoms with Crippen LogP contribution in [0.4, 0.5) is 4.79 Å². The van der Waals surface area contributed by atoms with Crippen molar-refractivity contribution in [2.75, 3.05) is 32.7 Å². The molecule has 0 bridgehead atoms. The summed E-state index contributed by atoms with van der Waals surface area (Å²) in [4.78, 5) is 33.5. The first-order valence-electron chi connectivity index (χ1n) is 14.3. The predicted octanol–water partition coefficient (Wildman–Crippen LogP) is 6.73. The van der Waals surface area contributed by atoms with Crippen LogP contribution < -0.4 is 5.32 Å². The Labute approximate surface area is 253 Å². The Morgan fingerprint density at radius 2 is 1.61 bits per heavy atom. The lowest BCUT2D eigenvalue weighted by molar-refractivity contribution is 0.0540. The number of urea groups is 1. The zero-order valence-electron chi connectivity index (χ0n) is 23.9. The normalized spacial score (nSPS) is 21.5. The summed E-state index contributed by atoms with van der Waals surface area (Å²) in [6.45, 7) is 10.2. The van der Waals surface area contributed by atoms with Gasteiger partial charge in [0.15, 0.2) is 0 Å². The van der Waals surface area contributed by atoms with E-state index in [1.807, 2.05) is 54.0 Å². The molecule has 5 rings (SSSR count). The smallest absolute Gasteiger partial charge is 0.318 e. The molecule has 0 aliphatic carbocycles. The quantitative estimate of drug-likeness (QED) is 0.357. The van der Waals surface area contributed by atoms with Crippen LogP contribution in [0.25, 0.3) is 0 Å². The molecule has 0 spiro atoms. The van der Waals surface area contributed by atoms with Crippen LogP contribution in [0, 0.1) is 19.8 Å². The van der Waals surface area contributed by atoms with Crippen LogP contribution in [0.2, 0.25) is 10.0 Å². The molecule has 3 aromatic rings. The molecule has 1 N–H and O–H groups in total. The van der Waals surface area contributed by atoms with Crippen LogP contribution in [0.5, 0.6) is 0 Å². The number of rotatable bonds is 5. The van der Waals surface area contributed by atoms with E-state index >= 15 is 0 Å². The molecule has 3 atom stereocenters. The molecule has 0 saturated carbocycles. The van der Waals surface area contributed by atoms with E-state index in [4.69, 9.17) is 23.2 Å². The van der Waals surface area contributed by atoms with E-state index in [1.165, 1.54) is 5.56 Å². The number of carbonyl (C=O) groups excluding carboxylic acids is 2. The second-order valence-corrected chi connectivity index (χ2v) is 12.4. The molecule has 3 amide bonds. The monoisotopic (exact) mass is 592 g/mol. The number of piperazine rings is 1. The first kappa shape index (κ1) is 29.4. The molecular formula is C33H38Cl2N4O2. The van der Waals surface area contributed by atoms with Crippen LogP contribution in [-0.2, 0) is 6.54 Å². The van der Waals surface area contributed by atoms with E-state index < -0.39 is 0 Å². The van der Waals surface area contributed by atoms with Crippen LogP contribution in [0.15, 0.2) is 66.7 Å². The topological polar surface area (TPSA) is 55.9 Å². The SMILES string of the molecule is Cc1cc(C)cc(C(=O)N2CCN(C(=O)NC3CCN(Cc4ccccc4)CC3C)C(c3ccc(Cl)c(Cl)c3)C2)c1. The van der Waals surface area contributed by atoms with Gasteiger partial charge in [-0.15, -0.1) is 0 Å². The van der Waals surface area contributed by atoms with Crippen molar-refractivity contribution in [1.82, 2.24) is 20.0 Å². The number of aryl methyl sites for hydroxylation is 2. The average molecular weight is 594 g/mol. The molecule has 216 valence electrons. The summed E-state index contributed by atoms with van der Waals surface area (Å²) in [5.74, 6) is 0.286. The maximum Gasteiger partial charge on any atom is 0.318 e. The van der Waals surface area contributed by atoms with Crippen molar-refractivity contribution in [3.05, 3.63) is 105 Å². The van der Waals surface area contributed by atoms with Gasteiger partial charge in [0.25, 0.3) is 5.91 Å². The number of benzene rings is 3. The summed E-state index contributed by atoms with van der Waals surface area (Å²) in [6.07, 6.45) is 0.891. The highest BCUT2D eigenvalue weighted by atomic mass is 35.5. The summed E-state index contributed by atoms with van der Waals surface area (Å²) < 4.78 is 0. The number of nitrogens with one attached hydrogen (secondary N) is 1. The number of hydrogen-bond donors (Lipinski definition) is 1. The third-order valence-corrected chi connectivity index (χ3v) is 9.01. The Morgan fingerprint density at radius 1 is 0.878 bits per heavy atom. The molecule has 2 fully saturated rings. The van der Waals surface area contributed by atoms with Crippen LogP contribution >= 0.6 is 23.2 Å². The van der Waals surface area contributed by atoms with Gasteiger partial charge in [0.2, 0.25) is 0 Å². The van der Waals surface area contributed by atoms with Crippen LogP contribution in [0.1, 0.15) is 52.0 Å². The Hall–Kier alpha value is -3.06. The van der Waals surface area contributed by atoms with Crippen molar-refractivity contribution < 1.29 is 9.59 Å². The van der Waals surface area contributed by atoms with Gasteiger partial charge >= 0.3 is 6.03 Å². The van der Waals surface area contributed by atoms with Gasteiger partial charge < -0.3 is 15.1 Å². The number of likely N-dealkylation sites (tertiary alicyclic amines) is 1. The van der Waals surface area contributed by atoms with Gasteiger partial charge in [-0.1, -0.05) is 83.7 Å². The predicted molar refractivity (Wildman–Crippen MR) is 166 cm³/mol. The number of amides is 3. The van der Waals surface area contributed by atoms with E-state index in [2.05, 4.69) is 47.5 Å². The van der Waals surface area contributed by atoms with Gasteiger partial charge in [-0.2, -0.15) is 0 Å².